The molecular weight excluding hydrogens is 368 g/mol. The zero-order chi connectivity index (χ0) is 19.0. The van der Waals surface area contributed by atoms with Crippen LogP contribution in [0.15, 0.2) is 29.3 Å². The molecule has 1 aliphatic carbocycles. The first kappa shape index (κ1) is 19.7. The molecule has 1 aromatic heterocycles. The number of ketones is 1. The fourth-order valence-electron chi connectivity index (χ4n) is 2.70. The molecule has 25 heavy (non-hydrogen) atoms. The molecule has 7 nitrogen and oxygen atoms in total. The Morgan fingerprint density at radius 3 is 2.60 bits per heavy atom. The normalized spacial score (nSPS) is 23.8. The predicted molar refractivity (Wildman–Crippen MR) is 94.6 cm³/mol. The number of sulfone groups is 1. The summed E-state index contributed by atoms with van der Waals surface area (Å²) in [4.78, 5) is 13.2. The molecule has 1 heterocycles. The van der Waals surface area contributed by atoms with Crippen molar-refractivity contribution in [2.75, 3.05) is 20.0 Å². The molecule has 9 heteroatoms. The van der Waals surface area contributed by atoms with Crippen molar-refractivity contribution in [1.82, 2.24) is 9.78 Å². The Balaban J connectivity index is 2.51. The number of nitrogens with zero attached hydrogens (tertiary/aromatic N) is 2. The number of ether oxygens (including phenoxy) is 1. The van der Waals surface area contributed by atoms with Gasteiger partial charge in [0.15, 0.2) is 15.6 Å². The molecule has 0 radical (unpaired) electrons. The van der Waals surface area contributed by atoms with E-state index >= 15 is 0 Å². The molecule has 2 unspecified atom stereocenters. The van der Waals surface area contributed by atoms with Gasteiger partial charge in [0.05, 0.1) is 34.5 Å². The third kappa shape index (κ3) is 3.51. The predicted octanol–water partition coefficient (Wildman–Crippen LogP) is 2.09. The molecule has 0 aliphatic heterocycles. The molecule has 0 fully saturated rings. The van der Waals surface area contributed by atoms with E-state index < -0.39 is 26.4 Å². The number of aromatic nitrogens is 2. The highest BCUT2D eigenvalue weighted by atomic mass is 35.5. The van der Waals surface area contributed by atoms with Gasteiger partial charge in [0.2, 0.25) is 5.88 Å². The van der Waals surface area contributed by atoms with Gasteiger partial charge in [0.1, 0.15) is 5.56 Å². The van der Waals surface area contributed by atoms with Crippen LogP contribution in [0.1, 0.15) is 30.2 Å². The van der Waals surface area contributed by atoms with Crippen LogP contribution in [0, 0.1) is 5.41 Å². The largest absolute Gasteiger partial charge is 0.493 e. The second kappa shape index (κ2) is 6.93. The number of methoxy groups -OCH3 is 1. The van der Waals surface area contributed by atoms with Gasteiger partial charge in [-0.3, -0.25) is 4.79 Å². The average molecular weight is 389 g/mol. The van der Waals surface area contributed by atoms with Crippen molar-refractivity contribution in [3.63, 3.8) is 0 Å². The van der Waals surface area contributed by atoms with E-state index in [0.717, 1.165) is 6.26 Å². The Kier molecular flexibility index (Phi) is 5.46. The number of carbonyl (C=O) groups excluding carboxylic acids is 1. The molecule has 0 saturated heterocycles. The summed E-state index contributed by atoms with van der Waals surface area (Å²) in [5.41, 5.74) is -1.33. The lowest BCUT2D eigenvalue weighted by Gasteiger charge is -2.33. The molecule has 0 amide bonds. The fourth-order valence-corrected chi connectivity index (χ4v) is 3.84. The van der Waals surface area contributed by atoms with E-state index in [-0.39, 0.29) is 29.0 Å². The van der Waals surface area contributed by atoms with E-state index in [2.05, 4.69) is 5.10 Å². The SMILES string of the molecule is COCC1(C(=O)c2cnn(C(C)C)c2O)C=CC(S(C)(=O)=O)=CC1Cl. The molecule has 0 bridgehead atoms. The maximum atomic E-state index is 13.1. The number of hydrogen-bond acceptors (Lipinski definition) is 6. The summed E-state index contributed by atoms with van der Waals surface area (Å²) in [5, 5.41) is 13.4. The third-order valence-electron chi connectivity index (χ3n) is 4.08. The van der Waals surface area contributed by atoms with E-state index in [1.54, 1.807) is 0 Å². The zero-order valence-electron chi connectivity index (χ0n) is 14.4. The van der Waals surface area contributed by atoms with Crippen LogP contribution in [0.2, 0.25) is 0 Å². The number of hydrogen-bond donors (Lipinski definition) is 1. The van der Waals surface area contributed by atoms with Crippen LogP contribution >= 0.6 is 11.6 Å². The molecule has 1 N–H and O–H groups in total. The minimum absolute atomic E-state index is 0.0113. The van der Waals surface area contributed by atoms with Gasteiger partial charge in [-0.15, -0.1) is 11.6 Å². The van der Waals surface area contributed by atoms with Gasteiger partial charge in [0, 0.05) is 13.4 Å². The second-order valence-electron chi connectivity index (χ2n) is 6.30. The molecule has 0 spiro atoms. The Morgan fingerprint density at radius 1 is 1.52 bits per heavy atom. The molecule has 0 aromatic carbocycles. The van der Waals surface area contributed by atoms with E-state index in [0.29, 0.717) is 0 Å². The first-order valence-corrected chi connectivity index (χ1v) is 9.92. The van der Waals surface area contributed by atoms with Gasteiger partial charge >= 0.3 is 0 Å². The van der Waals surface area contributed by atoms with Crippen LogP contribution in [-0.2, 0) is 14.6 Å². The maximum Gasteiger partial charge on any atom is 0.220 e. The first-order valence-electron chi connectivity index (χ1n) is 7.60. The summed E-state index contributed by atoms with van der Waals surface area (Å²) in [5.74, 6) is -0.746. The molecule has 2 rings (SSSR count). The van der Waals surface area contributed by atoms with E-state index in [9.17, 15) is 18.3 Å². The molecule has 2 atom stereocenters. The van der Waals surface area contributed by atoms with Crippen molar-refractivity contribution in [2.24, 2.45) is 5.41 Å². The van der Waals surface area contributed by atoms with E-state index in [1.165, 1.54) is 36.2 Å². The molecule has 0 saturated carbocycles. The second-order valence-corrected chi connectivity index (χ2v) is 8.78. The number of carbonyl (C=O) groups is 1. The summed E-state index contributed by atoms with van der Waals surface area (Å²) in [6.45, 7) is 3.56. The van der Waals surface area contributed by atoms with Gasteiger partial charge in [-0.25, -0.2) is 13.1 Å². The van der Waals surface area contributed by atoms with Gasteiger partial charge in [-0.05, 0) is 26.0 Å². The summed E-state index contributed by atoms with van der Waals surface area (Å²) in [7, 11) is -2.04. The summed E-state index contributed by atoms with van der Waals surface area (Å²) >= 11 is 6.38. The molecule has 1 aliphatic rings. The molecular formula is C16H21ClN2O5S. The van der Waals surface area contributed by atoms with Crippen LogP contribution in [0.4, 0.5) is 0 Å². The highest BCUT2D eigenvalue weighted by Gasteiger charge is 2.46. The molecule has 1 aromatic rings. The van der Waals surface area contributed by atoms with Crippen LogP contribution in [0.3, 0.4) is 0 Å². The lowest BCUT2D eigenvalue weighted by molar-refractivity contribution is 0.0667. The quantitative estimate of drug-likeness (QED) is 0.591. The lowest BCUT2D eigenvalue weighted by atomic mass is 9.76. The number of allylic oxidation sites excluding steroid dienone is 2. The van der Waals surface area contributed by atoms with Crippen LogP contribution in [0.5, 0.6) is 5.88 Å². The Labute approximate surface area is 151 Å². The van der Waals surface area contributed by atoms with Crippen molar-refractivity contribution in [3.05, 3.63) is 34.9 Å². The van der Waals surface area contributed by atoms with E-state index in [4.69, 9.17) is 16.3 Å². The minimum Gasteiger partial charge on any atom is -0.493 e. The third-order valence-corrected chi connectivity index (χ3v) is 5.73. The minimum atomic E-state index is -3.46. The summed E-state index contributed by atoms with van der Waals surface area (Å²) in [6, 6.07) is -0.134. The molecule has 138 valence electrons. The van der Waals surface area contributed by atoms with Gasteiger partial charge in [-0.2, -0.15) is 5.10 Å². The van der Waals surface area contributed by atoms with Gasteiger partial charge < -0.3 is 9.84 Å². The van der Waals surface area contributed by atoms with Crippen molar-refractivity contribution in [1.29, 1.82) is 0 Å². The topological polar surface area (TPSA) is 98.5 Å². The van der Waals surface area contributed by atoms with Crippen LogP contribution in [-0.4, -0.2) is 54.4 Å². The number of Topliss-reactive ketones (excluding diaryl/α,β-unsaturated/α-hetero) is 1. The summed E-state index contributed by atoms with van der Waals surface area (Å²) < 4.78 is 29.9. The van der Waals surface area contributed by atoms with Crippen molar-refractivity contribution in [2.45, 2.75) is 25.3 Å². The number of aromatic hydroxyl groups is 1. The smallest absolute Gasteiger partial charge is 0.220 e. The monoisotopic (exact) mass is 388 g/mol. The van der Waals surface area contributed by atoms with Crippen LogP contribution in [0.25, 0.3) is 0 Å². The van der Waals surface area contributed by atoms with Gasteiger partial charge in [-0.1, -0.05) is 6.08 Å². The van der Waals surface area contributed by atoms with Crippen LogP contribution < -0.4 is 0 Å². The Bertz CT molecular complexity index is 841. The zero-order valence-corrected chi connectivity index (χ0v) is 16.0. The number of halogens is 1. The van der Waals surface area contributed by atoms with Gasteiger partial charge in [0.25, 0.3) is 0 Å². The van der Waals surface area contributed by atoms with Crippen molar-refractivity contribution >= 4 is 27.2 Å². The highest BCUT2D eigenvalue weighted by Crippen LogP contribution is 2.40. The van der Waals surface area contributed by atoms with E-state index in [1.807, 2.05) is 13.8 Å². The highest BCUT2D eigenvalue weighted by molar-refractivity contribution is 7.94. The van der Waals surface area contributed by atoms with Crippen molar-refractivity contribution < 1.29 is 23.1 Å². The van der Waals surface area contributed by atoms with Crippen molar-refractivity contribution in [3.8, 4) is 5.88 Å². The number of alkyl halides is 1. The lowest BCUT2D eigenvalue weighted by Crippen LogP contribution is -2.43. The Hall–Kier alpha value is -1.64. The Morgan fingerprint density at radius 2 is 2.16 bits per heavy atom. The standard InChI is InChI=1S/C16H21ClN2O5S/c1-10(2)19-15(21)12(8-18-19)14(20)16(9-24-3)6-5-11(7-13(16)17)25(4,22)23/h5-8,10,13,21H,9H2,1-4H3. The maximum absolute atomic E-state index is 13.1. The average Bonchev–Trinajstić information content (AvgIpc) is 2.89. The summed E-state index contributed by atoms with van der Waals surface area (Å²) in [6.07, 6.45) is 6.44. The fraction of sp³-hybridized carbons (Fsp3) is 0.500. The number of rotatable bonds is 6. The first-order chi connectivity index (χ1) is 11.5.